The van der Waals surface area contributed by atoms with Gasteiger partial charge in [0.25, 0.3) is 0 Å². The van der Waals surface area contributed by atoms with E-state index in [0.717, 1.165) is 36.9 Å². The molecule has 1 aliphatic heterocycles. The van der Waals surface area contributed by atoms with Gasteiger partial charge in [0.2, 0.25) is 5.13 Å². The topological polar surface area (TPSA) is 41.0 Å². The number of hydrogen-bond donors (Lipinski definition) is 1. The van der Waals surface area contributed by atoms with Crippen molar-refractivity contribution < 1.29 is 0 Å². The summed E-state index contributed by atoms with van der Waals surface area (Å²) in [6.07, 6.45) is 2.31. The van der Waals surface area contributed by atoms with Crippen LogP contribution in [0.3, 0.4) is 0 Å². The summed E-state index contributed by atoms with van der Waals surface area (Å²) in [6, 6.07) is 11.8. The molecule has 0 aliphatic carbocycles. The summed E-state index contributed by atoms with van der Waals surface area (Å²) in [7, 11) is 0. The van der Waals surface area contributed by atoms with E-state index in [1.807, 2.05) is 0 Å². The largest absolute Gasteiger partial charge is 0.357 e. The van der Waals surface area contributed by atoms with Crippen molar-refractivity contribution in [3.63, 3.8) is 0 Å². The quantitative estimate of drug-likeness (QED) is 0.888. The molecule has 0 spiro atoms. The number of rotatable bonds is 4. The molecule has 1 aromatic heterocycles. The van der Waals surface area contributed by atoms with E-state index in [2.05, 4.69) is 77.6 Å². The molecule has 0 bridgehead atoms. The first-order valence-electron chi connectivity index (χ1n) is 8.83. The van der Waals surface area contributed by atoms with Gasteiger partial charge in [0, 0.05) is 42.1 Å². The highest BCUT2D eigenvalue weighted by Gasteiger charge is 2.25. The molecule has 130 valence electrons. The van der Waals surface area contributed by atoms with E-state index < -0.39 is 0 Å². The van der Waals surface area contributed by atoms with Crippen LogP contribution in [0.25, 0.3) is 0 Å². The summed E-state index contributed by atoms with van der Waals surface area (Å²) in [5.74, 6) is 0.935. The summed E-state index contributed by atoms with van der Waals surface area (Å²) in [6.45, 7) is 11.0. The third kappa shape index (κ3) is 4.14. The Balaban J connectivity index is 1.53. The third-order valence-corrected chi connectivity index (χ3v) is 5.43. The fourth-order valence-corrected chi connectivity index (χ4v) is 3.97. The lowest BCUT2D eigenvalue weighted by atomic mass is 9.96. The summed E-state index contributed by atoms with van der Waals surface area (Å²) >= 11 is 1.49. The molecule has 1 fully saturated rings. The van der Waals surface area contributed by atoms with E-state index in [-0.39, 0.29) is 5.41 Å². The van der Waals surface area contributed by atoms with Crippen LogP contribution in [0.15, 0.2) is 30.3 Å². The lowest BCUT2D eigenvalue weighted by molar-refractivity contribution is 0.167. The predicted molar refractivity (Wildman–Crippen MR) is 102 cm³/mol. The van der Waals surface area contributed by atoms with Crippen molar-refractivity contribution in [3.8, 4) is 0 Å². The molecule has 24 heavy (non-hydrogen) atoms. The van der Waals surface area contributed by atoms with Crippen LogP contribution in [-0.4, -0.2) is 33.4 Å². The fourth-order valence-electron chi connectivity index (χ4n) is 3.13. The molecule has 1 aliphatic rings. The number of piperidine rings is 1. The second-order valence-corrected chi connectivity index (χ2v) is 8.47. The van der Waals surface area contributed by atoms with Gasteiger partial charge in [-0.1, -0.05) is 51.1 Å². The van der Waals surface area contributed by atoms with Crippen LogP contribution in [0.5, 0.6) is 0 Å². The molecular formula is C19H28N4S. The second kappa shape index (κ2) is 7.19. The maximum Gasteiger partial charge on any atom is 0.202 e. The molecule has 4 nitrogen and oxygen atoms in total. The van der Waals surface area contributed by atoms with Crippen molar-refractivity contribution in [2.24, 2.45) is 0 Å². The van der Waals surface area contributed by atoms with Crippen molar-refractivity contribution in [1.29, 1.82) is 0 Å². The average molecular weight is 345 g/mol. The number of benzene rings is 1. The van der Waals surface area contributed by atoms with E-state index in [0.29, 0.717) is 12.1 Å². The van der Waals surface area contributed by atoms with Crippen LogP contribution in [0.2, 0.25) is 0 Å². The zero-order valence-corrected chi connectivity index (χ0v) is 15.9. The number of likely N-dealkylation sites (tertiary alicyclic amines) is 1. The lowest BCUT2D eigenvalue weighted by Crippen LogP contribution is -2.40. The monoisotopic (exact) mass is 344 g/mol. The molecule has 1 aromatic carbocycles. The molecule has 3 rings (SSSR count). The molecule has 1 N–H and O–H groups in total. The molecule has 0 amide bonds. The summed E-state index contributed by atoms with van der Waals surface area (Å²) in [5.41, 5.74) is 1.42. The van der Waals surface area contributed by atoms with Gasteiger partial charge < -0.3 is 5.32 Å². The maximum absolute atomic E-state index is 4.66. The minimum absolute atomic E-state index is 0.0188. The Labute approximate surface area is 149 Å². The van der Waals surface area contributed by atoms with Crippen LogP contribution in [-0.2, 0) is 5.41 Å². The standard InChI is InChI=1S/C19H28N4S/c1-14(15-8-6-5-7-9-15)23-12-10-16(11-13-23)20-18-21-17(22-24-18)19(2,3)4/h5-9,14,16H,10-13H2,1-4H3,(H,20,21,22). The van der Waals surface area contributed by atoms with Gasteiger partial charge in [-0.25, -0.2) is 4.98 Å². The predicted octanol–water partition coefficient (Wildman–Crippen LogP) is 4.47. The van der Waals surface area contributed by atoms with E-state index in [1.165, 1.54) is 17.1 Å². The maximum atomic E-state index is 4.66. The Hall–Kier alpha value is -1.46. The van der Waals surface area contributed by atoms with Gasteiger partial charge in [0.1, 0.15) is 5.82 Å². The Morgan fingerprint density at radius 1 is 1.17 bits per heavy atom. The van der Waals surface area contributed by atoms with Crippen molar-refractivity contribution in [1.82, 2.24) is 14.3 Å². The van der Waals surface area contributed by atoms with E-state index in [9.17, 15) is 0 Å². The first-order valence-corrected chi connectivity index (χ1v) is 9.60. The molecule has 2 aromatic rings. The normalized spacial score (nSPS) is 18.5. The Morgan fingerprint density at radius 2 is 1.83 bits per heavy atom. The molecule has 1 atom stereocenters. The Bertz CT molecular complexity index is 639. The average Bonchev–Trinajstić information content (AvgIpc) is 3.05. The number of aromatic nitrogens is 2. The van der Waals surface area contributed by atoms with Gasteiger partial charge in [0.15, 0.2) is 0 Å². The van der Waals surface area contributed by atoms with Crippen LogP contribution in [0, 0.1) is 0 Å². The number of anilines is 1. The van der Waals surface area contributed by atoms with E-state index in [1.54, 1.807) is 0 Å². The van der Waals surface area contributed by atoms with E-state index >= 15 is 0 Å². The summed E-state index contributed by atoms with van der Waals surface area (Å²) < 4.78 is 4.49. The minimum Gasteiger partial charge on any atom is -0.357 e. The Morgan fingerprint density at radius 3 is 2.42 bits per heavy atom. The zero-order chi connectivity index (χ0) is 17.2. The number of hydrogen-bond acceptors (Lipinski definition) is 5. The molecule has 0 saturated carbocycles. The smallest absolute Gasteiger partial charge is 0.202 e. The SMILES string of the molecule is CC(c1ccccc1)N1CCC(Nc2nc(C(C)(C)C)ns2)CC1. The first kappa shape index (κ1) is 17.4. The van der Waals surface area contributed by atoms with Crippen LogP contribution in [0.1, 0.15) is 58.0 Å². The highest BCUT2D eigenvalue weighted by atomic mass is 32.1. The highest BCUT2D eigenvalue weighted by molar-refractivity contribution is 7.09. The van der Waals surface area contributed by atoms with Crippen LogP contribution >= 0.6 is 11.5 Å². The molecule has 5 heteroatoms. The second-order valence-electron chi connectivity index (χ2n) is 7.71. The van der Waals surface area contributed by atoms with Crippen molar-refractivity contribution in [3.05, 3.63) is 41.7 Å². The summed E-state index contributed by atoms with van der Waals surface area (Å²) in [5, 5.41) is 4.56. The Kier molecular flexibility index (Phi) is 5.21. The van der Waals surface area contributed by atoms with Gasteiger partial charge in [0.05, 0.1) is 0 Å². The molecule has 1 saturated heterocycles. The molecule has 2 heterocycles. The van der Waals surface area contributed by atoms with Gasteiger partial charge in [-0.15, -0.1) is 0 Å². The van der Waals surface area contributed by atoms with Gasteiger partial charge >= 0.3 is 0 Å². The summed E-state index contributed by atoms with van der Waals surface area (Å²) in [4.78, 5) is 7.24. The number of nitrogens with zero attached hydrogens (tertiary/aromatic N) is 3. The first-order chi connectivity index (χ1) is 11.4. The zero-order valence-electron chi connectivity index (χ0n) is 15.1. The van der Waals surface area contributed by atoms with Gasteiger partial charge in [-0.2, -0.15) is 4.37 Å². The van der Waals surface area contributed by atoms with Crippen molar-refractivity contribution in [2.45, 2.75) is 58.0 Å². The molecule has 1 unspecified atom stereocenters. The minimum atomic E-state index is 0.0188. The number of nitrogens with one attached hydrogen (secondary N) is 1. The fraction of sp³-hybridized carbons (Fsp3) is 0.579. The van der Waals surface area contributed by atoms with Crippen LogP contribution < -0.4 is 5.32 Å². The van der Waals surface area contributed by atoms with Gasteiger partial charge in [-0.05, 0) is 25.3 Å². The van der Waals surface area contributed by atoms with Gasteiger partial charge in [-0.3, -0.25) is 4.90 Å². The highest BCUT2D eigenvalue weighted by Crippen LogP contribution is 2.27. The molecule has 0 radical (unpaired) electrons. The third-order valence-electron chi connectivity index (χ3n) is 4.78. The van der Waals surface area contributed by atoms with Crippen LogP contribution in [0.4, 0.5) is 5.13 Å². The molecular weight excluding hydrogens is 316 g/mol. The van der Waals surface area contributed by atoms with Crippen molar-refractivity contribution in [2.75, 3.05) is 18.4 Å². The van der Waals surface area contributed by atoms with Crippen molar-refractivity contribution >= 4 is 16.7 Å². The lowest BCUT2D eigenvalue weighted by Gasteiger charge is -2.36. The van der Waals surface area contributed by atoms with E-state index in [4.69, 9.17) is 0 Å².